The summed E-state index contributed by atoms with van der Waals surface area (Å²) in [5, 5.41) is 15.7. The third kappa shape index (κ3) is 4.01. The summed E-state index contributed by atoms with van der Waals surface area (Å²) in [7, 11) is 0. The predicted octanol–water partition coefficient (Wildman–Crippen LogP) is 3.51. The van der Waals surface area contributed by atoms with Gasteiger partial charge in [0.15, 0.2) is 5.82 Å². The van der Waals surface area contributed by atoms with Crippen LogP contribution in [0.3, 0.4) is 0 Å². The van der Waals surface area contributed by atoms with E-state index in [1.165, 1.54) is 11.3 Å². The second kappa shape index (κ2) is 7.50. The molecular weight excluding hydrogens is 386 g/mol. The van der Waals surface area contributed by atoms with E-state index >= 15 is 0 Å². The van der Waals surface area contributed by atoms with Crippen molar-refractivity contribution in [3.05, 3.63) is 63.3 Å². The zero-order valence-corrected chi connectivity index (χ0v) is 15.8. The summed E-state index contributed by atoms with van der Waals surface area (Å²) in [6.45, 7) is 0.287. The zero-order valence-electron chi connectivity index (χ0n) is 14.2. The lowest BCUT2D eigenvalue weighted by atomic mass is 10.2. The maximum Gasteiger partial charge on any atom is 0.265 e. The van der Waals surface area contributed by atoms with Gasteiger partial charge in [0, 0.05) is 11.6 Å². The Hall–Kier alpha value is -2.71. The number of halogens is 1. The van der Waals surface area contributed by atoms with Crippen molar-refractivity contribution in [2.75, 3.05) is 5.32 Å². The van der Waals surface area contributed by atoms with Gasteiger partial charge in [-0.25, -0.2) is 0 Å². The number of hydrogen-bond donors (Lipinski definition) is 2. The monoisotopic (exact) mass is 401 g/mol. The number of aromatic nitrogens is 3. The highest BCUT2D eigenvalue weighted by Gasteiger charge is 2.26. The van der Waals surface area contributed by atoms with Gasteiger partial charge in [0.05, 0.1) is 22.1 Å². The molecule has 0 unspecified atom stereocenters. The number of thiophene rings is 1. The van der Waals surface area contributed by atoms with Crippen LogP contribution in [-0.2, 0) is 6.54 Å². The average molecular weight is 402 g/mol. The lowest BCUT2D eigenvalue weighted by Gasteiger charge is -2.10. The van der Waals surface area contributed by atoms with Crippen LogP contribution in [0.5, 0.6) is 0 Å². The highest BCUT2D eigenvalue weighted by atomic mass is 35.5. The maximum atomic E-state index is 12.5. The lowest BCUT2D eigenvalue weighted by Crippen LogP contribution is -2.25. The van der Waals surface area contributed by atoms with Gasteiger partial charge in [-0.3, -0.25) is 9.59 Å². The minimum absolute atomic E-state index is 0.262. The third-order valence-corrected chi connectivity index (χ3v) is 5.41. The molecule has 0 aliphatic heterocycles. The molecule has 3 aromatic rings. The molecule has 9 heteroatoms. The zero-order chi connectivity index (χ0) is 18.8. The fourth-order valence-electron chi connectivity index (χ4n) is 2.67. The van der Waals surface area contributed by atoms with Gasteiger partial charge in [0.2, 0.25) is 0 Å². The summed E-state index contributed by atoms with van der Waals surface area (Å²) in [5.41, 5.74) is 0.794. The highest BCUT2D eigenvalue weighted by Crippen LogP contribution is 2.35. The largest absolute Gasteiger partial charge is 0.345 e. The van der Waals surface area contributed by atoms with E-state index in [4.69, 9.17) is 11.6 Å². The molecule has 0 atom stereocenters. The van der Waals surface area contributed by atoms with E-state index in [1.807, 2.05) is 9.95 Å². The van der Waals surface area contributed by atoms with E-state index in [0.29, 0.717) is 27.2 Å². The lowest BCUT2D eigenvalue weighted by molar-refractivity contribution is 0.0948. The van der Waals surface area contributed by atoms with Crippen LogP contribution >= 0.6 is 22.9 Å². The van der Waals surface area contributed by atoms with Crippen LogP contribution in [0.4, 0.5) is 5.69 Å². The van der Waals surface area contributed by atoms with Crippen molar-refractivity contribution in [1.82, 2.24) is 20.1 Å². The Morgan fingerprint density at radius 3 is 2.85 bits per heavy atom. The van der Waals surface area contributed by atoms with E-state index in [2.05, 4.69) is 20.8 Å². The molecule has 1 aliphatic carbocycles. The van der Waals surface area contributed by atoms with E-state index in [0.717, 1.165) is 18.7 Å². The highest BCUT2D eigenvalue weighted by molar-refractivity contribution is 7.12. The van der Waals surface area contributed by atoms with Gasteiger partial charge in [0.1, 0.15) is 6.33 Å². The summed E-state index contributed by atoms with van der Waals surface area (Å²) in [5.74, 6) is 0.191. The van der Waals surface area contributed by atoms with E-state index in [9.17, 15) is 9.59 Å². The Morgan fingerprint density at radius 1 is 1.26 bits per heavy atom. The van der Waals surface area contributed by atoms with Gasteiger partial charge in [-0.2, -0.15) is 0 Å². The van der Waals surface area contributed by atoms with Gasteiger partial charge in [-0.15, -0.1) is 21.5 Å². The molecule has 1 saturated carbocycles. The summed E-state index contributed by atoms with van der Waals surface area (Å²) in [6.07, 6.45) is 3.92. The van der Waals surface area contributed by atoms with E-state index < -0.39 is 0 Å². The van der Waals surface area contributed by atoms with Crippen molar-refractivity contribution in [1.29, 1.82) is 0 Å². The Bertz CT molecular complexity index is 982. The Balaban J connectivity index is 1.44. The van der Waals surface area contributed by atoms with Crippen molar-refractivity contribution in [3.8, 4) is 0 Å². The number of anilines is 1. The van der Waals surface area contributed by atoms with Crippen LogP contribution in [0.1, 0.15) is 44.7 Å². The van der Waals surface area contributed by atoms with Gasteiger partial charge < -0.3 is 15.2 Å². The first-order valence-corrected chi connectivity index (χ1v) is 9.68. The van der Waals surface area contributed by atoms with E-state index in [1.54, 1.807) is 36.7 Å². The van der Waals surface area contributed by atoms with Crippen LogP contribution < -0.4 is 10.6 Å². The molecule has 1 aliphatic rings. The number of benzene rings is 1. The first kappa shape index (κ1) is 17.7. The summed E-state index contributed by atoms with van der Waals surface area (Å²) < 4.78 is 1.99. The van der Waals surface area contributed by atoms with Crippen LogP contribution in [0, 0.1) is 0 Å². The summed E-state index contributed by atoms with van der Waals surface area (Å²) >= 11 is 7.49. The molecule has 2 amide bonds. The number of hydrogen-bond acceptors (Lipinski definition) is 5. The summed E-state index contributed by atoms with van der Waals surface area (Å²) in [6, 6.07) is 8.74. The Kier molecular flexibility index (Phi) is 4.91. The van der Waals surface area contributed by atoms with Gasteiger partial charge >= 0.3 is 0 Å². The van der Waals surface area contributed by atoms with Crippen molar-refractivity contribution >= 4 is 40.4 Å². The van der Waals surface area contributed by atoms with Crippen LogP contribution in [0.25, 0.3) is 0 Å². The molecule has 0 spiro atoms. The normalized spacial score (nSPS) is 13.4. The SMILES string of the molecule is O=C(NCc1nncn1C1CC1)c1ccc(Cl)c(NC(=O)c2cccs2)c1. The fourth-order valence-corrected chi connectivity index (χ4v) is 3.45. The van der Waals surface area contributed by atoms with Crippen LogP contribution in [-0.4, -0.2) is 26.6 Å². The minimum atomic E-state index is -0.274. The molecule has 0 bridgehead atoms. The standard InChI is InChI=1S/C18H16ClN5O2S/c19-13-6-3-11(8-14(13)22-18(26)15-2-1-7-27-15)17(25)20-9-16-23-21-10-24(16)12-4-5-12/h1-3,6-8,10,12H,4-5,9H2,(H,20,25)(H,22,26). The molecule has 1 aromatic carbocycles. The molecule has 4 rings (SSSR count). The number of carbonyl (C=O) groups excluding carboxylic acids is 2. The molecule has 27 heavy (non-hydrogen) atoms. The molecule has 0 saturated heterocycles. The van der Waals surface area contributed by atoms with Gasteiger partial charge in [-0.1, -0.05) is 17.7 Å². The maximum absolute atomic E-state index is 12.5. The quantitative estimate of drug-likeness (QED) is 0.661. The number of nitrogens with one attached hydrogen (secondary N) is 2. The molecule has 138 valence electrons. The van der Waals surface area contributed by atoms with Gasteiger partial charge in [-0.05, 0) is 42.5 Å². The predicted molar refractivity (Wildman–Crippen MR) is 103 cm³/mol. The fraction of sp³-hybridized carbons (Fsp3) is 0.222. The first-order valence-electron chi connectivity index (χ1n) is 8.43. The second-order valence-corrected chi connectivity index (χ2v) is 7.55. The number of carbonyl (C=O) groups is 2. The second-order valence-electron chi connectivity index (χ2n) is 6.19. The molecule has 2 N–H and O–H groups in total. The topological polar surface area (TPSA) is 88.9 Å². The van der Waals surface area contributed by atoms with Gasteiger partial charge in [0.25, 0.3) is 11.8 Å². The molecule has 1 fully saturated rings. The van der Waals surface area contributed by atoms with Crippen molar-refractivity contribution in [2.24, 2.45) is 0 Å². The molecule has 2 aromatic heterocycles. The molecule has 2 heterocycles. The number of nitrogens with zero attached hydrogens (tertiary/aromatic N) is 3. The Labute approximate surface area is 164 Å². The molecular formula is C18H16ClN5O2S. The van der Waals surface area contributed by atoms with Crippen molar-refractivity contribution in [2.45, 2.75) is 25.4 Å². The van der Waals surface area contributed by atoms with Crippen LogP contribution in [0.15, 0.2) is 42.0 Å². The average Bonchev–Trinajstić information content (AvgIpc) is 3.17. The van der Waals surface area contributed by atoms with Crippen molar-refractivity contribution in [3.63, 3.8) is 0 Å². The smallest absolute Gasteiger partial charge is 0.265 e. The van der Waals surface area contributed by atoms with Crippen molar-refractivity contribution < 1.29 is 9.59 Å². The third-order valence-electron chi connectivity index (χ3n) is 4.22. The molecule has 7 nitrogen and oxygen atoms in total. The minimum Gasteiger partial charge on any atom is -0.345 e. The Morgan fingerprint density at radius 2 is 2.11 bits per heavy atom. The summed E-state index contributed by atoms with van der Waals surface area (Å²) in [4.78, 5) is 25.3. The van der Waals surface area contributed by atoms with Crippen LogP contribution in [0.2, 0.25) is 5.02 Å². The first-order chi connectivity index (χ1) is 13.1. The van der Waals surface area contributed by atoms with E-state index in [-0.39, 0.29) is 18.4 Å². The number of rotatable bonds is 6. The number of amides is 2. The molecule has 0 radical (unpaired) electrons.